The van der Waals surface area contributed by atoms with Crippen LogP contribution in [-0.4, -0.2) is 30.6 Å². The Balaban J connectivity index is 3.49. The molecule has 0 aromatic carbocycles. The molecule has 8 nitrogen and oxygen atoms in total. The Morgan fingerprint density at radius 3 is 2.81 bits per heavy atom. The minimum Gasteiger partial charge on any atom is -0.570 e. The number of hydrazine groups is 1. The molecule has 0 aliphatic heterocycles. The van der Waals surface area contributed by atoms with Crippen molar-refractivity contribution in [1.29, 1.82) is 0 Å². The van der Waals surface area contributed by atoms with Crippen LogP contribution < -0.4 is 5.59 Å². The van der Waals surface area contributed by atoms with Crippen LogP contribution in [0.2, 0.25) is 0 Å². The molecule has 0 radical (unpaired) electrons. The van der Waals surface area contributed by atoms with Gasteiger partial charge in [0.25, 0.3) is 0 Å². The van der Waals surface area contributed by atoms with E-state index in [-0.39, 0.29) is 11.1 Å². The molecule has 0 spiro atoms. The van der Waals surface area contributed by atoms with E-state index in [2.05, 4.69) is 19.4 Å². The average molecular weight is 235 g/mol. The largest absolute Gasteiger partial charge is 0.570 e. The van der Waals surface area contributed by atoms with Crippen molar-refractivity contribution in [2.75, 3.05) is 13.3 Å². The van der Waals surface area contributed by atoms with Gasteiger partial charge in [0.15, 0.2) is 0 Å². The number of carbonyl (C=O) groups excluding carboxylic acids is 1. The van der Waals surface area contributed by atoms with Crippen LogP contribution in [-0.2, 0) is 14.3 Å². The Hall–Kier alpha value is -1.57. The number of carbonyl (C=O) groups is 1. The first-order chi connectivity index (χ1) is 7.56. The van der Waals surface area contributed by atoms with E-state index in [4.69, 9.17) is 0 Å². The van der Waals surface area contributed by atoms with Gasteiger partial charge in [-0.15, -0.1) is 0 Å². The van der Waals surface area contributed by atoms with Gasteiger partial charge in [-0.3, -0.25) is 0 Å². The second-order valence-corrected chi connectivity index (χ2v) is 3.05. The zero-order chi connectivity index (χ0) is 12.4. The van der Waals surface area contributed by atoms with Crippen molar-refractivity contribution >= 4 is 6.16 Å². The van der Waals surface area contributed by atoms with E-state index in [1.165, 1.54) is 0 Å². The minimum atomic E-state index is -0.861. The van der Waals surface area contributed by atoms with E-state index in [0.29, 0.717) is 6.54 Å². The molecule has 0 bridgehead atoms. The zero-order valence-electron chi connectivity index (χ0n) is 9.63. The first-order valence-electron chi connectivity index (χ1n) is 4.91. The Morgan fingerprint density at radius 2 is 2.25 bits per heavy atom. The summed E-state index contributed by atoms with van der Waals surface area (Å²) in [6.45, 7) is 5.19. The molecular formula is C8H17N3O5. The summed E-state index contributed by atoms with van der Waals surface area (Å²) in [5.74, 6) is 0. The van der Waals surface area contributed by atoms with Gasteiger partial charge in [0.05, 0.1) is 11.1 Å². The molecule has 94 valence electrons. The van der Waals surface area contributed by atoms with Gasteiger partial charge in [0.1, 0.15) is 6.54 Å². The minimum absolute atomic E-state index is 0.153. The molecule has 0 aliphatic carbocycles. The standard InChI is InChI=1S/C8H17N3O5/c1-4-5-9-11(13)10-15-6-14-8(12)16-7(2)3/h7H,4-6H2,1-3H3,(H,9,10). The molecule has 0 aromatic heterocycles. The Labute approximate surface area is 93.7 Å². The summed E-state index contributed by atoms with van der Waals surface area (Å²) in [5, 5.41) is 14.2. The highest BCUT2D eigenvalue weighted by Gasteiger charge is 2.06. The maximum atomic E-state index is 10.8. The first-order valence-corrected chi connectivity index (χ1v) is 4.91. The third-order valence-electron chi connectivity index (χ3n) is 1.16. The summed E-state index contributed by atoms with van der Waals surface area (Å²) in [4.78, 5) is 15.4. The molecule has 0 aliphatic rings. The van der Waals surface area contributed by atoms with Gasteiger partial charge in [-0.05, 0) is 25.9 Å². The Kier molecular flexibility index (Phi) is 7.86. The lowest BCUT2D eigenvalue weighted by atomic mass is 10.5. The van der Waals surface area contributed by atoms with Crippen LogP contribution >= 0.6 is 0 Å². The number of rotatable bonds is 7. The van der Waals surface area contributed by atoms with Crippen molar-refractivity contribution < 1.29 is 24.1 Å². The van der Waals surface area contributed by atoms with Crippen molar-refractivity contribution in [1.82, 2.24) is 5.59 Å². The molecule has 0 saturated carbocycles. The maximum Gasteiger partial charge on any atom is 0.510 e. The van der Waals surface area contributed by atoms with Gasteiger partial charge >= 0.3 is 6.16 Å². The lowest BCUT2D eigenvalue weighted by Gasteiger charge is -2.07. The van der Waals surface area contributed by atoms with Crippen molar-refractivity contribution in [3.8, 4) is 0 Å². The van der Waals surface area contributed by atoms with E-state index >= 15 is 0 Å². The van der Waals surface area contributed by atoms with E-state index in [0.717, 1.165) is 6.42 Å². The van der Waals surface area contributed by atoms with E-state index < -0.39 is 12.9 Å². The van der Waals surface area contributed by atoms with Crippen molar-refractivity contribution in [2.24, 2.45) is 5.11 Å². The summed E-state index contributed by atoms with van der Waals surface area (Å²) in [7, 11) is 0. The highest BCUT2D eigenvalue weighted by Crippen LogP contribution is 1.92. The molecular weight excluding hydrogens is 218 g/mol. The van der Waals surface area contributed by atoms with Gasteiger partial charge in [-0.1, -0.05) is 6.92 Å². The van der Waals surface area contributed by atoms with Gasteiger partial charge in [0, 0.05) is 5.11 Å². The predicted octanol–water partition coefficient (Wildman–Crippen LogP) is 1.31. The molecule has 0 unspecified atom stereocenters. The lowest BCUT2D eigenvalue weighted by molar-refractivity contribution is -0.648. The predicted molar refractivity (Wildman–Crippen MR) is 53.0 cm³/mol. The summed E-state index contributed by atoms with van der Waals surface area (Å²) in [6.07, 6.45) is -0.381. The summed E-state index contributed by atoms with van der Waals surface area (Å²) >= 11 is 0. The van der Waals surface area contributed by atoms with Crippen molar-refractivity contribution in [3.63, 3.8) is 0 Å². The van der Waals surface area contributed by atoms with Crippen LogP contribution in [0.5, 0.6) is 0 Å². The molecule has 0 fully saturated rings. The number of nitrogens with zero attached hydrogens (tertiary/aromatic N) is 2. The molecule has 0 atom stereocenters. The topological polar surface area (TPSA) is 95.2 Å². The van der Waals surface area contributed by atoms with Crippen LogP contribution in [0.1, 0.15) is 27.2 Å². The molecule has 1 N–H and O–H groups in total. The lowest BCUT2D eigenvalue weighted by Crippen LogP contribution is -2.26. The first kappa shape index (κ1) is 14.4. The molecule has 0 aromatic rings. The van der Waals surface area contributed by atoms with E-state index in [9.17, 15) is 10.0 Å². The third kappa shape index (κ3) is 9.00. The fraction of sp³-hybridized carbons (Fsp3) is 0.875. The summed E-state index contributed by atoms with van der Waals surface area (Å²) in [5.41, 5.74) is 1.90. The Bertz CT molecular complexity index is 232. The fourth-order valence-electron chi connectivity index (χ4n) is 0.605. The van der Waals surface area contributed by atoms with E-state index in [1.807, 2.05) is 12.5 Å². The highest BCUT2D eigenvalue weighted by molar-refractivity contribution is 5.59. The summed E-state index contributed by atoms with van der Waals surface area (Å²) in [6, 6.07) is 0. The summed E-state index contributed by atoms with van der Waals surface area (Å²) < 4.78 is 9.09. The Morgan fingerprint density at radius 1 is 1.56 bits per heavy atom. The van der Waals surface area contributed by atoms with Crippen molar-refractivity contribution in [2.45, 2.75) is 33.3 Å². The van der Waals surface area contributed by atoms with Gasteiger partial charge in [-0.25, -0.2) is 4.79 Å². The van der Waals surface area contributed by atoms with Crippen LogP contribution in [0.3, 0.4) is 0 Å². The third-order valence-corrected chi connectivity index (χ3v) is 1.16. The highest BCUT2D eigenvalue weighted by atomic mass is 16.8. The average Bonchev–Trinajstić information content (AvgIpc) is 2.20. The fourth-order valence-corrected chi connectivity index (χ4v) is 0.605. The van der Waals surface area contributed by atoms with Crippen molar-refractivity contribution in [3.05, 3.63) is 5.21 Å². The van der Waals surface area contributed by atoms with Gasteiger partial charge in [-0.2, -0.15) is 4.84 Å². The van der Waals surface area contributed by atoms with Crippen LogP contribution in [0, 0.1) is 5.21 Å². The molecule has 16 heavy (non-hydrogen) atoms. The zero-order valence-corrected chi connectivity index (χ0v) is 9.63. The number of ether oxygens (including phenoxy) is 2. The maximum absolute atomic E-state index is 10.8. The molecule has 0 rings (SSSR count). The number of nitrogens with one attached hydrogen (secondary N) is 1. The van der Waals surface area contributed by atoms with Crippen LogP contribution in [0.15, 0.2) is 5.11 Å². The number of hydrogen-bond acceptors (Lipinski definition) is 6. The van der Waals surface area contributed by atoms with Crippen LogP contribution in [0.4, 0.5) is 4.79 Å². The van der Waals surface area contributed by atoms with Gasteiger partial charge < -0.3 is 14.7 Å². The van der Waals surface area contributed by atoms with Crippen LogP contribution in [0.25, 0.3) is 0 Å². The van der Waals surface area contributed by atoms with Gasteiger partial charge in [0.2, 0.25) is 6.79 Å². The molecule has 8 heteroatoms. The second kappa shape index (κ2) is 8.72. The monoisotopic (exact) mass is 235 g/mol. The second-order valence-electron chi connectivity index (χ2n) is 3.05. The normalized spacial score (nSPS) is 11.4. The SMILES string of the molecule is CCCN=[N+]([O-])NOCOC(=O)OC(C)C. The molecule has 0 heterocycles. The molecule has 0 saturated heterocycles. The number of hydrogen-bond donors (Lipinski definition) is 1. The molecule has 0 amide bonds. The quantitative estimate of drug-likeness (QED) is 0.178. The smallest absolute Gasteiger partial charge is 0.510 e. The van der Waals surface area contributed by atoms with E-state index in [1.54, 1.807) is 13.8 Å².